The lowest BCUT2D eigenvalue weighted by atomic mass is 10.2. The van der Waals surface area contributed by atoms with Gasteiger partial charge in [0.25, 0.3) is 0 Å². The normalized spacial score (nSPS) is 10.2. The van der Waals surface area contributed by atoms with Crippen molar-refractivity contribution in [3.05, 3.63) is 43.3 Å². The summed E-state index contributed by atoms with van der Waals surface area (Å²) in [4.78, 5) is 8.55. The van der Waals surface area contributed by atoms with E-state index >= 15 is 0 Å². The molecule has 2 aromatic rings. The number of methoxy groups -OCH3 is 2. The van der Waals surface area contributed by atoms with E-state index in [9.17, 15) is 0 Å². The van der Waals surface area contributed by atoms with Gasteiger partial charge in [-0.2, -0.15) is 0 Å². The third-order valence-electron chi connectivity index (χ3n) is 3.17. The second kappa shape index (κ2) is 6.74. The van der Waals surface area contributed by atoms with E-state index in [1.54, 1.807) is 20.3 Å². The van der Waals surface area contributed by atoms with E-state index in [0.29, 0.717) is 11.5 Å². The first-order valence-corrected chi connectivity index (χ1v) is 6.60. The smallest absolute Gasteiger partial charge is 0.162 e. The highest BCUT2D eigenvalue weighted by molar-refractivity contribution is 5.91. The molecule has 0 aliphatic rings. The lowest BCUT2D eigenvalue weighted by molar-refractivity contribution is 0.356. The van der Waals surface area contributed by atoms with Gasteiger partial charge < -0.3 is 14.8 Å². The Morgan fingerprint density at radius 2 is 1.95 bits per heavy atom. The van der Waals surface area contributed by atoms with E-state index in [-0.39, 0.29) is 0 Å². The Labute approximate surface area is 124 Å². The van der Waals surface area contributed by atoms with Crippen molar-refractivity contribution in [2.45, 2.75) is 6.42 Å². The summed E-state index contributed by atoms with van der Waals surface area (Å²) in [6, 6.07) is 3.71. The maximum absolute atomic E-state index is 5.32. The third kappa shape index (κ3) is 3.31. The molecule has 0 saturated carbocycles. The largest absolute Gasteiger partial charge is 0.493 e. The first kappa shape index (κ1) is 14.8. The Morgan fingerprint density at radius 1 is 1.24 bits per heavy atom. The fraction of sp³-hybridized carbons (Fsp3) is 0.250. The predicted octanol–water partition coefficient (Wildman–Crippen LogP) is 3.19. The summed E-state index contributed by atoms with van der Waals surface area (Å²) in [6.45, 7) is 8.31. The Morgan fingerprint density at radius 3 is 2.62 bits per heavy atom. The summed E-state index contributed by atoms with van der Waals surface area (Å²) in [6.07, 6.45) is 4.09. The van der Waals surface area contributed by atoms with Gasteiger partial charge in [0.2, 0.25) is 0 Å². The minimum Gasteiger partial charge on any atom is -0.493 e. The van der Waals surface area contributed by atoms with Crippen LogP contribution in [0.25, 0.3) is 10.9 Å². The Bertz CT molecular complexity index is 668. The minimum atomic E-state index is 0.648. The van der Waals surface area contributed by atoms with Crippen molar-refractivity contribution in [1.29, 1.82) is 0 Å². The molecule has 0 saturated heterocycles. The van der Waals surface area contributed by atoms with Gasteiger partial charge in [0.15, 0.2) is 11.5 Å². The van der Waals surface area contributed by atoms with Crippen molar-refractivity contribution in [3.8, 4) is 11.5 Å². The molecule has 0 aliphatic heterocycles. The Balaban J connectivity index is 2.31. The third-order valence-corrected chi connectivity index (χ3v) is 3.17. The zero-order valence-corrected chi connectivity index (χ0v) is 12.3. The van der Waals surface area contributed by atoms with Gasteiger partial charge >= 0.3 is 0 Å². The van der Waals surface area contributed by atoms with Gasteiger partial charge in [-0.05, 0) is 12.5 Å². The highest BCUT2D eigenvalue weighted by Gasteiger charge is 2.10. The van der Waals surface area contributed by atoms with Gasteiger partial charge in [-0.15, -0.1) is 0 Å². The standard InChI is InChI=1S/C16H19N3O2/c1-5-11(2)6-7-17-16-12-8-14(20-3)15(21-4)9-13(12)18-10-19-16/h5,8-10H,1-2,6-7H2,3-4H3,(H,17,18,19). The average Bonchev–Trinajstić information content (AvgIpc) is 2.53. The number of ether oxygens (including phenoxy) is 2. The van der Waals surface area contributed by atoms with Crippen molar-refractivity contribution < 1.29 is 9.47 Å². The van der Waals surface area contributed by atoms with Gasteiger partial charge in [-0.3, -0.25) is 0 Å². The molecule has 1 N–H and O–H groups in total. The zero-order valence-electron chi connectivity index (χ0n) is 12.3. The number of rotatable bonds is 7. The van der Waals surface area contributed by atoms with Crippen LogP contribution in [0.5, 0.6) is 11.5 Å². The van der Waals surface area contributed by atoms with Crippen LogP contribution in [0.4, 0.5) is 5.82 Å². The monoisotopic (exact) mass is 285 g/mol. The van der Waals surface area contributed by atoms with E-state index in [1.165, 1.54) is 6.33 Å². The molecule has 5 heteroatoms. The molecule has 21 heavy (non-hydrogen) atoms. The molecule has 2 rings (SSSR count). The average molecular weight is 285 g/mol. The van der Waals surface area contributed by atoms with Crippen LogP contribution in [0, 0.1) is 0 Å². The van der Waals surface area contributed by atoms with E-state index in [2.05, 4.69) is 28.4 Å². The lowest BCUT2D eigenvalue weighted by Crippen LogP contribution is -2.05. The molecule has 1 heterocycles. The molecule has 0 fully saturated rings. The Kier molecular flexibility index (Phi) is 4.77. The Hall–Kier alpha value is -2.56. The SMILES string of the molecule is C=CC(=C)CCNc1ncnc2cc(OC)c(OC)cc12. The molecule has 0 spiro atoms. The molecule has 5 nitrogen and oxygen atoms in total. The first-order chi connectivity index (χ1) is 10.2. The molecule has 0 bridgehead atoms. The first-order valence-electron chi connectivity index (χ1n) is 6.60. The van der Waals surface area contributed by atoms with Crippen LogP contribution in [-0.2, 0) is 0 Å². The number of allylic oxidation sites excluding steroid dienone is 1. The summed E-state index contributed by atoms with van der Waals surface area (Å²) in [7, 11) is 3.21. The van der Waals surface area contributed by atoms with E-state index < -0.39 is 0 Å². The number of nitrogens with zero attached hydrogens (tertiary/aromatic N) is 2. The fourth-order valence-electron chi connectivity index (χ4n) is 1.97. The molecule has 0 radical (unpaired) electrons. The quantitative estimate of drug-likeness (QED) is 0.792. The van der Waals surface area contributed by atoms with E-state index in [0.717, 1.165) is 35.3 Å². The zero-order chi connectivity index (χ0) is 15.2. The van der Waals surface area contributed by atoms with Crippen molar-refractivity contribution in [3.63, 3.8) is 0 Å². The van der Waals surface area contributed by atoms with Crippen molar-refractivity contribution in [2.75, 3.05) is 26.1 Å². The highest BCUT2D eigenvalue weighted by Crippen LogP contribution is 2.33. The molecular formula is C16H19N3O2. The topological polar surface area (TPSA) is 56.3 Å². The number of fused-ring (bicyclic) bond motifs is 1. The summed E-state index contributed by atoms with van der Waals surface area (Å²) in [5, 5.41) is 4.17. The van der Waals surface area contributed by atoms with Crippen molar-refractivity contribution in [2.24, 2.45) is 0 Å². The van der Waals surface area contributed by atoms with Crippen LogP contribution in [0.1, 0.15) is 6.42 Å². The minimum absolute atomic E-state index is 0.648. The number of hydrogen-bond donors (Lipinski definition) is 1. The second-order valence-corrected chi connectivity index (χ2v) is 4.49. The number of nitrogens with one attached hydrogen (secondary N) is 1. The molecule has 0 aliphatic carbocycles. The summed E-state index contributed by atoms with van der Waals surface area (Å²) < 4.78 is 10.6. The molecule has 0 unspecified atom stereocenters. The van der Waals surface area contributed by atoms with Gasteiger partial charge in [0.1, 0.15) is 12.1 Å². The molecule has 0 amide bonds. The fourth-order valence-corrected chi connectivity index (χ4v) is 1.97. The highest BCUT2D eigenvalue weighted by atomic mass is 16.5. The summed E-state index contributed by atoms with van der Waals surface area (Å²) >= 11 is 0. The van der Waals surface area contributed by atoms with Crippen LogP contribution in [0.15, 0.2) is 43.3 Å². The maximum Gasteiger partial charge on any atom is 0.162 e. The molecule has 110 valence electrons. The molecular weight excluding hydrogens is 266 g/mol. The predicted molar refractivity (Wildman–Crippen MR) is 85.1 cm³/mol. The van der Waals surface area contributed by atoms with Crippen LogP contribution in [0.3, 0.4) is 0 Å². The number of anilines is 1. The van der Waals surface area contributed by atoms with Crippen LogP contribution in [-0.4, -0.2) is 30.7 Å². The van der Waals surface area contributed by atoms with Crippen molar-refractivity contribution in [1.82, 2.24) is 9.97 Å². The molecule has 0 atom stereocenters. The van der Waals surface area contributed by atoms with Crippen molar-refractivity contribution >= 4 is 16.7 Å². The summed E-state index contributed by atoms with van der Waals surface area (Å²) in [5.41, 5.74) is 1.79. The maximum atomic E-state index is 5.32. The molecule has 1 aromatic carbocycles. The van der Waals surface area contributed by atoms with E-state index in [4.69, 9.17) is 9.47 Å². The van der Waals surface area contributed by atoms with Crippen LogP contribution in [0.2, 0.25) is 0 Å². The van der Waals surface area contributed by atoms with Crippen LogP contribution >= 0.6 is 0 Å². The number of aromatic nitrogens is 2. The van der Waals surface area contributed by atoms with Gasteiger partial charge in [0, 0.05) is 18.0 Å². The number of benzene rings is 1. The summed E-state index contributed by atoms with van der Waals surface area (Å²) in [5.74, 6) is 2.06. The van der Waals surface area contributed by atoms with E-state index in [1.807, 2.05) is 12.1 Å². The molecule has 1 aromatic heterocycles. The van der Waals surface area contributed by atoms with Gasteiger partial charge in [-0.1, -0.05) is 24.8 Å². The second-order valence-electron chi connectivity index (χ2n) is 4.49. The number of hydrogen-bond acceptors (Lipinski definition) is 5. The van der Waals surface area contributed by atoms with Gasteiger partial charge in [0.05, 0.1) is 19.7 Å². The van der Waals surface area contributed by atoms with Gasteiger partial charge in [-0.25, -0.2) is 9.97 Å². The van der Waals surface area contributed by atoms with Crippen LogP contribution < -0.4 is 14.8 Å². The lowest BCUT2D eigenvalue weighted by Gasteiger charge is -2.12.